The SMILES string of the molecule is COc1cc2c(cc1OC)-c1cc(-c3cc(Br)ccc3OC)c(C#N)c(=N)n1CC2. The molecule has 0 spiro atoms. The van der Waals surface area contributed by atoms with Gasteiger partial charge < -0.3 is 18.8 Å². The molecule has 30 heavy (non-hydrogen) atoms. The van der Waals surface area contributed by atoms with Crippen LogP contribution in [0.4, 0.5) is 0 Å². The average molecular weight is 466 g/mol. The number of benzene rings is 2. The second kappa shape index (κ2) is 7.88. The first kappa shape index (κ1) is 20.0. The van der Waals surface area contributed by atoms with Crippen LogP contribution < -0.4 is 19.7 Å². The third-order valence-electron chi connectivity index (χ3n) is 5.40. The molecule has 7 heteroatoms. The Morgan fingerprint density at radius 2 is 1.63 bits per heavy atom. The molecule has 0 aliphatic carbocycles. The standard InChI is InChI=1S/C23H20BrN3O3/c1-28-20-5-4-14(24)9-17(20)16-10-19-15-11-22(30-3)21(29-2)8-13(15)6-7-27(19)23(26)18(16)12-25/h4-5,8-11,26H,6-7H2,1-3H3. The van der Waals surface area contributed by atoms with E-state index >= 15 is 0 Å². The molecule has 0 amide bonds. The van der Waals surface area contributed by atoms with E-state index in [1.807, 2.05) is 41.0 Å². The first-order valence-electron chi connectivity index (χ1n) is 9.34. The van der Waals surface area contributed by atoms with Crippen molar-refractivity contribution in [1.82, 2.24) is 4.57 Å². The Morgan fingerprint density at radius 3 is 2.30 bits per heavy atom. The smallest absolute Gasteiger partial charge is 0.161 e. The number of nitrogens with zero attached hydrogens (tertiary/aromatic N) is 2. The summed E-state index contributed by atoms with van der Waals surface area (Å²) in [6, 6.07) is 13.7. The van der Waals surface area contributed by atoms with Crippen LogP contribution in [0.25, 0.3) is 22.4 Å². The molecule has 4 rings (SSSR count). The number of aryl methyl sites for hydroxylation is 1. The Hall–Kier alpha value is -3.24. The maximum atomic E-state index is 9.87. The Labute approximate surface area is 182 Å². The summed E-state index contributed by atoms with van der Waals surface area (Å²) in [7, 11) is 4.82. The Morgan fingerprint density at radius 1 is 0.933 bits per heavy atom. The third kappa shape index (κ3) is 3.14. The number of hydrogen-bond donors (Lipinski definition) is 1. The quantitative estimate of drug-likeness (QED) is 0.614. The number of fused-ring (bicyclic) bond motifs is 3. The van der Waals surface area contributed by atoms with Gasteiger partial charge in [-0.25, -0.2) is 0 Å². The van der Waals surface area contributed by atoms with Gasteiger partial charge in [-0.05, 0) is 48.4 Å². The van der Waals surface area contributed by atoms with Gasteiger partial charge in [-0.3, -0.25) is 5.41 Å². The molecule has 0 fully saturated rings. The number of nitriles is 1. The van der Waals surface area contributed by atoms with Crippen molar-refractivity contribution < 1.29 is 14.2 Å². The number of methoxy groups -OCH3 is 3. The molecule has 1 aliphatic rings. The van der Waals surface area contributed by atoms with Crippen molar-refractivity contribution in [3.8, 4) is 45.7 Å². The predicted molar refractivity (Wildman–Crippen MR) is 117 cm³/mol. The summed E-state index contributed by atoms with van der Waals surface area (Å²) in [5, 5.41) is 18.6. The fourth-order valence-electron chi connectivity index (χ4n) is 3.94. The lowest BCUT2D eigenvalue weighted by molar-refractivity contribution is 0.354. The van der Waals surface area contributed by atoms with E-state index in [0.717, 1.165) is 33.3 Å². The number of pyridine rings is 1. The van der Waals surface area contributed by atoms with Gasteiger partial charge >= 0.3 is 0 Å². The van der Waals surface area contributed by atoms with Gasteiger partial charge in [-0.15, -0.1) is 0 Å². The lowest BCUT2D eigenvalue weighted by atomic mass is 9.92. The number of halogens is 1. The van der Waals surface area contributed by atoms with Crippen molar-refractivity contribution in [2.45, 2.75) is 13.0 Å². The Bertz CT molecular complexity index is 1260. The molecule has 2 heterocycles. The molecule has 3 aromatic rings. The van der Waals surface area contributed by atoms with Crippen LogP contribution in [0, 0.1) is 16.7 Å². The summed E-state index contributed by atoms with van der Waals surface area (Å²) in [5.74, 6) is 1.95. The molecular formula is C23H20BrN3O3. The van der Waals surface area contributed by atoms with Crippen molar-refractivity contribution in [1.29, 1.82) is 10.7 Å². The van der Waals surface area contributed by atoms with Crippen molar-refractivity contribution in [3.05, 3.63) is 57.5 Å². The van der Waals surface area contributed by atoms with E-state index in [1.165, 1.54) is 0 Å². The maximum Gasteiger partial charge on any atom is 0.161 e. The average Bonchev–Trinajstić information content (AvgIpc) is 2.77. The molecule has 1 N–H and O–H groups in total. The van der Waals surface area contributed by atoms with Crippen molar-refractivity contribution in [3.63, 3.8) is 0 Å². The van der Waals surface area contributed by atoms with E-state index in [4.69, 9.17) is 19.6 Å². The number of hydrogen-bond acceptors (Lipinski definition) is 5. The van der Waals surface area contributed by atoms with Crippen LogP contribution in [0.1, 0.15) is 11.1 Å². The van der Waals surface area contributed by atoms with Gasteiger partial charge in [0.25, 0.3) is 0 Å². The van der Waals surface area contributed by atoms with Crippen molar-refractivity contribution in [2.24, 2.45) is 0 Å². The molecule has 0 saturated carbocycles. The molecule has 1 aromatic heterocycles. The second-order valence-electron chi connectivity index (χ2n) is 6.89. The zero-order valence-corrected chi connectivity index (χ0v) is 18.5. The highest BCUT2D eigenvalue weighted by Gasteiger charge is 2.24. The molecule has 0 radical (unpaired) electrons. The minimum atomic E-state index is 0.187. The van der Waals surface area contributed by atoms with E-state index in [0.29, 0.717) is 34.9 Å². The minimum absolute atomic E-state index is 0.187. The van der Waals surface area contributed by atoms with Crippen LogP contribution in [-0.4, -0.2) is 25.9 Å². The van der Waals surface area contributed by atoms with Crippen LogP contribution in [0.5, 0.6) is 17.2 Å². The molecule has 0 bridgehead atoms. The zero-order valence-electron chi connectivity index (χ0n) is 16.9. The van der Waals surface area contributed by atoms with Crippen LogP contribution in [0.3, 0.4) is 0 Å². The molecule has 152 valence electrons. The van der Waals surface area contributed by atoms with E-state index < -0.39 is 0 Å². The lowest BCUT2D eigenvalue weighted by Crippen LogP contribution is -2.29. The summed E-state index contributed by atoms with van der Waals surface area (Å²) in [5.41, 5.74) is 4.86. The fraction of sp³-hybridized carbons (Fsp3) is 0.217. The zero-order chi connectivity index (χ0) is 21.4. The summed E-state index contributed by atoms with van der Waals surface area (Å²) >= 11 is 3.50. The first-order valence-corrected chi connectivity index (χ1v) is 10.1. The van der Waals surface area contributed by atoms with E-state index in [2.05, 4.69) is 22.0 Å². The highest BCUT2D eigenvalue weighted by atomic mass is 79.9. The monoisotopic (exact) mass is 465 g/mol. The van der Waals surface area contributed by atoms with Crippen LogP contribution in [0.2, 0.25) is 0 Å². The number of aromatic nitrogens is 1. The van der Waals surface area contributed by atoms with Crippen molar-refractivity contribution in [2.75, 3.05) is 21.3 Å². The topological polar surface area (TPSA) is 80.3 Å². The van der Waals surface area contributed by atoms with Crippen LogP contribution in [-0.2, 0) is 13.0 Å². The highest BCUT2D eigenvalue weighted by molar-refractivity contribution is 9.10. The maximum absolute atomic E-state index is 9.87. The molecule has 0 unspecified atom stereocenters. The van der Waals surface area contributed by atoms with Gasteiger partial charge in [0, 0.05) is 27.7 Å². The second-order valence-corrected chi connectivity index (χ2v) is 7.80. The molecule has 0 atom stereocenters. The highest BCUT2D eigenvalue weighted by Crippen LogP contribution is 2.41. The fourth-order valence-corrected chi connectivity index (χ4v) is 4.30. The number of ether oxygens (including phenoxy) is 3. The van der Waals surface area contributed by atoms with Gasteiger partial charge in [0.05, 0.1) is 27.0 Å². The normalized spacial score (nSPS) is 11.8. The first-order chi connectivity index (χ1) is 14.5. The summed E-state index contributed by atoms with van der Waals surface area (Å²) < 4.78 is 19.2. The van der Waals surface area contributed by atoms with Crippen molar-refractivity contribution >= 4 is 15.9 Å². The number of nitrogens with one attached hydrogen (secondary N) is 1. The lowest BCUT2D eigenvalue weighted by Gasteiger charge is -2.25. The largest absolute Gasteiger partial charge is 0.496 e. The number of rotatable bonds is 4. The Balaban J connectivity index is 2.05. The van der Waals surface area contributed by atoms with E-state index in [-0.39, 0.29) is 5.49 Å². The Kier molecular flexibility index (Phi) is 5.27. The minimum Gasteiger partial charge on any atom is -0.496 e. The molecule has 6 nitrogen and oxygen atoms in total. The van der Waals surface area contributed by atoms with Crippen LogP contribution >= 0.6 is 15.9 Å². The van der Waals surface area contributed by atoms with E-state index in [1.54, 1.807) is 21.3 Å². The third-order valence-corrected chi connectivity index (χ3v) is 5.89. The predicted octanol–water partition coefficient (Wildman–Crippen LogP) is 4.52. The van der Waals surface area contributed by atoms with Gasteiger partial charge in [0.1, 0.15) is 22.9 Å². The van der Waals surface area contributed by atoms with Gasteiger partial charge in [0.15, 0.2) is 11.5 Å². The summed E-state index contributed by atoms with van der Waals surface area (Å²) in [4.78, 5) is 0. The van der Waals surface area contributed by atoms with E-state index in [9.17, 15) is 5.26 Å². The molecule has 2 aromatic carbocycles. The van der Waals surface area contributed by atoms with Crippen LogP contribution in [0.15, 0.2) is 40.9 Å². The summed E-state index contributed by atoms with van der Waals surface area (Å²) in [6.07, 6.45) is 0.740. The van der Waals surface area contributed by atoms with Gasteiger partial charge in [0.2, 0.25) is 0 Å². The molecular weight excluding hydrogens is 446 g/mol. The molecule has 0 saturated heterocycles. The van der Waals surface area contributed by atoms with Gasteiger partial charge in [-0.2, -0.15) is 5.26 Å². The molecule has 1 aliphatic heterocycles. The van der Waals surface area contributed by atoms with Gasteiger partial charge in [-0.1, -0.05) is 15.9 Å². The summed E-state index contributed by atoms with van der Waals surface area (Å²) in [6.45, 7) is 0.612.